The van der Waals surface area contributed by atoms with Crippen LogP contribution in [0.25, 0.3) is 11.1 Å². The maximum atomic E-state index is 12.9. The average Bonchev–Trinajstić information content (AvgIpc) is 3.38. The summed E-state index contributed by atoms with van der Waals surface area (Å²) in [5, 5.41) is 0. The van der Waals surface area contributed by atoms with Crippen molar-refractivity contribution in [2.45, 2.75) is 31.7 Å². The lowest BCUT2D eigenvalue weighted by atomic mass is 9.93. The van der Waals surface area contributed by atoms with Crippen molar-refractivity contribution in [2.75, 3.05) is 26.2 Å². The molecule has 27 heavy (non-hydrogen) atoms. The van der Waals surface area contributed by atoms with Gasteiger partial charge in [0.1, 0.15) is 0 Å². The lowest BCUT2D eigenvalue weighted by Gasteiger charge is -2.41. The van der Waals surface area contributed by atoms with Gasteiger partial charge in [0.25, 0.3) is 5.91 Å². The molecule has 0 aromatic heterocycles. The minimum Gasteiger partial charge on any atom is -0.336 e. The van der Waals surface area contributed by atoms with Crippen LogP contribution < -0.4 is 0 Å². The van der Waals surface area contributed by atoms with Gasteiger partial charge in [-0.05, 0) is 54.4 Å². The van der Waals surface area contributed by atoms with E-state index in [1.54, 1.807) is 0 Å². The summed E-state index contributed by atoms with van der Waals surface area (Å²) in [5.41, 5.74) is 3.16. The van der Waals surface area contributed by atoms with Crippen molar-refractivity contribution in [1.82, 2.24) is 9.80 Å². The Hall–Kier alpha value is -2.13. The van der Waals surface area contributed by atoms with Gasteiger partial charge in [-0.2, -0.15) is 0 Å². The van der Waals surface area contributed by atoms with E-state index < -0.39 is 0 Å². The van der Waals surface area contributed by atoms with Crippen molar-refractivity contribution in [3.8, 4) is 11.1 Å². The molecule has 3 fully saturated rings. The van der Waals surface area contributed by atoms with Gasteiger partial charge < -0.3 is 4.90 Å². The Bertz CT molecular complexity index is 793. The van der Waals surface area contributed by atoms with Crippen LogP contribution in [-0.2, 0) is 0 Å². The minimum absolute atomic E-state index is 0.183. The standard InChI is InChI=1S/C24H28N2O/c27-24(21-10-8-20(9-11-21)19-4-2-1-3-5-19)26-14-12-25(13-15-26)23-17-18-6-7-22(23)16-18/h1-5,8-11,18,22-23H,6-7,12-17H2/t18-,22+,23+/m1/s1. The summed E-state index contributed by atoms with van der Waals surface area (Å²) >= 11 is 0. The van der Waals surface area contributed by atoms with Gasteiger partial charge in [0.2, 0.25) is 0 Å². The van der Waals surface area contributed by atoms with Crippen molar-refractivity contribution in [2.24, 2.45) is 11.8 Å². The Morgan fingerprint density at radius 3 is 2.11 bits per heavy atom. The zero-order valence-corrected chi connectivity index (χ0v) is 15.9. The SMILES string of the molecule is O=C(c1ccc(-c2ccccc2)cc1)N1CCN([C@H]2C[C@@H]3CC[C@H]2C3)CC1. The van der Waals surface area contributed by atoms with Crippen LogP contribution in [0.15, 0.2) is 54.6 Å². The second-order valence-electron chi connectivity index (χ2n) is 8.51. The zero-order chi connectivity index (χ0) is 18.2. The van der Waals surface area contributed by atoms with E-state index in [0.29, 0.717) is 0 Å². The maximum Gasteiger partial charge on any atom is 0.253 e. The van der Waals surface area contributed by atoms with E-state index in [-0.39, 0.29) is 5.91 Å². The van der Waals surface area contributed by atoms with Crippen molar-refractivity contribution < 1.29 is 4.79 Å². The molecule has 0 N–H and O–H groups in total. The lowest BCUT2D eigenvalue weighted by molar-refractivity contribution is 0.0496. The summed E-state index contributed by atoms with van der Waals surface area (Å²) in [6.07, 6.45) is 5.75. The number of rotatable bonds is 3. The molecule has 5 rings (SSSR count). The molecule has 0 spiro atoms. The Labute approximate surface area is 162 Å². The number of hydrogen-bond donors (Lipinski definition) is 0. The number of piperazine rings is 1. The third-order valence-corrected chi connectivity index (χ3v) is 7.01. The van der Waals surface area contributed by atoms with Crippen LogP contribution in [-0.4, -0.2) is 47.9 Å². The van der Waals surface area contributed by atoms with Gasteiger partial charge in [-0.25, -0.2) is 0 Å². The van der Waals surface area contributed by atoms with E-state index in [1.165, 1.54) is 31.2 Å². The predicted octanol–water partition coefficient (Wildman–Crippen LogP) is 4.30. The number of hydrogen-bond acceptors (Lipinski definition) is 2. The van der Waals surface area contributed by atoms with Crippen LogP contribution in [0.3, 0.4) is 0 Å². The predicted molar refractivity (Wildman–Crippen MR) is 109 cm³/mol. The molecule has 1 saturated heterocycles. The fourth-order valence-electron chi connectivity index (χ4n) is 5.53. The first-order valence-corrected chi connectivity index (χ1v) is 10.5. The van der Waals surface area contributed by atoms with Crippen LogP contribution in [0.4, 0.5) is 0 Å². The quantitative estimate of drug-likeness (QED) is 0.815. The molecule has 3 heteroatoms. The van der Waals surface area contributed by atoms with Crippen molar-refractivity contribution in [1.29, 1.82) is 0 Å². The highest BCUT2D eigenvalue weighted by Crippen LogP contribution is 2.46. The van der Waals surface area contributed by atoms with Crippen molar-refractivity contribution in [3.63, 3.8) is 0 Å². The van der Waals surface area contributed by atoms with Crippen molar-refractivity contribution >= 4 is 5.91 Å². The number of amides is 1. The fourth-order valence-corrected chi connectivity index (χ4v) is 5.53. The third kappa shape index (κ3) is 3.29. The highest BCUT2D eigenvalue weighted by Gasteiger charge is 2.42. The average molecular weight is 361 g/mol. The first-order valence-electron chi connectivity index (χ1n) is 10.5. The van der Waals surface area contributed by atoms with Gasteiger partial charge in [0, 0.05) is 37.8 Å². The fraction of sp³-hybridized carbons (Fsp3) is 0.458. The number of carbonyl (C=O) groups excluding carboxylic acids is 1. The minimum atomic E-state index is 0.183. The summed E-state index contributed by atoms with van der Waals surface area (Å²) in [6, 6.07) is 19.2. The van der Waals surface area contributed by atoms with Gasteiger partial charge in [0.05, 0.1) is 0 Å². The largest absolute Gasteiger partial charge is 0.336 e. The highest BCUT2D eigenvalue weighted by molar-refractivity contribution is 5.94. The molecule has 1 amide bonds. The van der Waals surface area contributed by atoms with E-state index in [1.807, 2.05) is 35.2 Å². The second-order valence-corrected chi connectivity index (χ2v) is 8.51. The smallest absolute Gasteiger partial charge is 0.253 e. The van der Waals surface area contributed by atoms with Gasteiger partial charge in [0.15, 0.2) is 0 Å². The van der Waals surface area contributed by atoms with E-state index in [4.69, 9.17) is 0 Å². The maximum absolute atomic E-state index is 12.9. The molecule has 1 aliphatic heterocycles. The number of benzene rings is 2. The highest BCUT2D eigenvalue weighted by atomic mass is 16.2. The Balaban J connectivity index is 1.21. The first-order chi connectivity index (χ1) is 13.3. The molecular formula is C24H28N2O. The van der Waals surface area contributed by atoms with Gasteiger partial charge in [-0.1, -0.05) is 48.9 Å². The molecule has 0 radical (unpaired) electrons. The van der Waals surface area contributed by atoms with Crippen LogP contribution >= 0.6 is 0 Å². The Morgan fingerprint density at radius 2 is 1.48 bits per heavy atom. The number of carbonyl (C=O) groups is 1. The lowest BCUT2D eigenvalue weighted by Crippen LogP contribution is -2.53. The molecule has 3 aliphatic rings. The summed E-state index contributed by atoms with van der Waals surface area (Å²) in [6.45, 7) is 3.82. The van der Waals surface area contributed by atoms with E-state index in [0.717, 1.165) is 55.2 Å². The summed E-state index contributed by atoms with van der Waals surface area (Å²) in [7, 11) is 0. The Kier molecular flexibility index (Phi) is 4.48. The monoisotopic (exact) mass is 360 g/mol. The third-order valence-electron chi connectivity index (χ3n) is 7.01. The van der Waals surface area contributed by atoms with Crippen molar-refractivity contribution in [3.05, 3.63) is 60.2 Å². The summed E-state index contributed by atoms with van der Waals surface area (Å²) in [5.74, 6) is 2.10. The molecule has 2 bridgehead atoms. The normalized spacial score (nSPS) is 27.9. The molecule has 3 nitrogen and oxygen atoms in total. The summed E-state index contributed by atoms with van der Waals surface area (Å²) < 4.78 is 0. The van der Waals surface area contributed by atoms with Gasteiger partial charge in [-0.15, -0.1) is 0 Å². The molecule has 2 saturated carbocycles. The second kappa shape index (κ2) is 7.12. The topological polar surface area (TPSA) is 23.6 Å². The molecular weight excluding hydrogens is 332 g/mol. The van der Waals surface area contributed by atoms with Crippen LogP contribution in [0.2, 0.25) is 0 Å². The molecule has 3 atom stereocenters. The Morgan fingerprint density at radius 1 is 0.778 bits per heavy atom. The number of fused-ring (bicyclic) bond motifs is 2. The molecule has 140 valence electrons. The number of nitrogens with zero attached hydrogens (tertiary/aromatic N) is 2. The van der Waals surface area contributed by atoms with E-state index in [9.17, 15) is 4.79 Å². The molecule has 2 aromatic carbocycles. The van der Waals surface area contributed by atoms with E-state index in [2.05, 4.69) is 29.2 Å². The van der Waals surface area contributed by atoms with Gasteiger partial charge >= 0.3 is 0 Å². The summed E-state index contributed by atoms with van der Waals surface area (Å²) in [4.78, 5) is 17.6. The zero-order valence-electron chi connectivity index (χ0n) is 15.9. The molecule has 2 aliphatic carbocycles. The first kappa shape index (κ1) is 17.0. The van der Waals surface area contributed by atoms with E-state index >= 15 is 0 Å². The van der Waals surface area contributed by atoms with Crippen LogP contribution in [0.1, 0.15) is 36.0 Å². The molecule has 1 heterocycles. The molecule has 0 unspecified atom stereocenters. The van der Waals surface area contributed by atoms with Crippen LogP contribution in [0.5, 0.6) is 0 Å². The van der Waals surface area contributed by atoms with Gasteiger partial charge in [-0.3, -0.25) is 9.69 Å². The van der Waals surface area contributed by atoms with Crippen LogP contribution in [0, 0.1) is 11.8 Å². The molecule has 2 aromatic rings.